The molecule has 11 heavy (non-hydrogen) atoms. The lowest BCUT2D eigenvalue weighted by Crippen LogP contribution is -2.26. The molecule has 0 aromatic carbocycles. The monoisotopic (exact) mass is 154 g/mol. The Balaban J connectivity index is 2.85. The Labute approximate surface area is 64.2 Å². The number of aryl methyl sites for hydroxylation is 1. The Kier molecular flexibility index (Phi) is 2.00. The Hall–Kier alpha value is -1.23. The first-order valence-corrected chi connectivity index (χ1v) is 3.27. The lowest BCUT2D eigenvalue weighted by molar-refractivity contribution is 0.0963. The van der Waals surface area contributed by atoms with Gasteiger partial charge in [-0.1, -0.05) is 5.21 Å². The van der Waals surface area contributed by atoms with Crippen molar-refractivity contribution in [3.05, 3.63) is 11.9 Å². The van der Waals surface area contributed by atoms with E-state index in [2.05, 4.69) is 10.3 Å². The minimum absolute atomic E-state index is 0.182. The molecule has 0 saturated heterocycles. The van der Waals surface area contributed by atoms with Crippen LogP contribution in [-0.4, -0.2) is 26.8 Å². The summed E-state index contributed by atoms with van der Waals surface area (Å²) in [5, 5.41) is 7.23. The summed E-state index contributed by atoms with van der Waals surface area (Å²) in [7, 11) is 1.70. The number of hydrogen-bond donors (Lipinski definition) is 1. The predicted molar refractivity (Wildman–Crippen MR) is 39.0 cm³/mol. The number of Topliss-reactive ketones (excluding diaryl/α,β-unsaturated/α-hetero) is 1. The molecule has 1 aromatic rings. The first-order chi connectivity index (χ1) is 5.11. The smallest absolute Gasteiger partial charge is 0.201 e. The van der Waals surface area contributed by atoms with Gasteiger partial charge in [-0.05, 0) is 6.92 Å². The van der Waals surface area contributed by atoms with Gasteiger partial charge in [-0.25, -0.2) is 0 Å². The quantitative estimate of drug-likeness (QED) is 0.574. The lowest BCUT2D eigenvalue weighted by Gasteiger charge is -1.97. The summed E-state index contributed by atoms with van der Waals surface area (Å²) >= 11 is 0. The minimum atomic E-state index is -0.508. The average Bonchev–Trinajstić information content (AvgIpc) is 2.34. The topological polar surface area (TPSA) is 73.8 Å². The fraction of sp³-hybridized carbons (Fsp3) is 0.500. The van der Waals surface area contributed by atoms with Gasteiger partial charge >= 0.3 is 0 Å². The molecule has 1 heterocycles. The maximum Gasteiger partial charge on any atom is 0.201 e. The van der Waals surface area contributed by atoms with E-state index in [1.54, 1.807) is 20.2 Å². The molecule has 0 spiro atoms. The molecule has 5 nitrogen and oxygen atoms in total. The van der Waals surface area contributed by atoms with Gasteiger partial charge in [-0.2, -0.15) is 0 Å². The molecular formula is C6H10N4O. The normalized spacial score (nSPS) is 13.0. The summed E-state index contributed by atoms with van der Waals surface area (Å²) in [5.41, 5.74) is 5.67. The van der Waals surface area contributed by atoms with Gasteiger partial charge in [0.2, 0.25) is 5.78 Å². The fourth-order valence-electron chi connectivity index (χ4n) is 0.693. The second-order valence-corrected chi connectivity index (χ2v) is 2.43. The Morgan fingerprint density at radius 3 is 2.82 bits per heavy atom. The number of ketones is 1. The van der Waals surface area contributed by atoms with E-state index >= 15 is 0 Å². The second-order valence-electron chi connectivity index (χ2n) is 2.43. The molecule has 60 valence electrons. The van der Waals surface area contributed by atoms with E-state index in [0.717, 1.165) is 0 Å². The van der Waals surface area contributed by atoms with E-state index in [0.29, 0.717) is 5.69 Å². The van der Waals surface area contributed by atoms with Crippen molar-refractivity contribution < 1.29 is 4.79 Å². The zero-order chi connectivity index (χ0) is 8.43. The Morgan fingerprint density at radius 2 is 2.45 bits per heavy atom. The van der Waals surface area contributed by atoms with Crippen LogP contribution in [0.25, 0.3) is 0 Å². The number of carbonyl (C=O) groups is 1. The summed E-state index contributed by atoms with van der Waals surface area (Å²) in [6, 6.07) is -0.508. The van der Waals surface area contributed by atoms with Gasteiger partial charge in [-0.3, -0.25) is 9.48 Å². The van der Waals surface area contributed by atoms with E-state index in [4.69, 9.17) is 5.73 Å². The minimum Gasteiger partial charge on any atom is -0.321 e. The van der Waals surface area contributed by atoms with E-state index < -0.39 is 6.04 Å². The first-order valence-electron chi connectivity index (χ1n) is 3.27. The van der Waals surface area contributed by atoms with Gasteiger partial charge < -0.3 is 5.73 Å². The number of rotatable bonds is 2. The van der Waals surface area contributed by atoms with Crippen LogP contribution in [-0.2, 0) is 7.05 Å². The molecule has 0 aliphatic rings. The Bertz CT molecular complexity index is 265. The first kappa shape index (κ1) is 7.87. The average molecular weight is 154 g/mol. The van der Waals surface area contributed by atoms with Crippen molar-refractivity contribution in [1.29, 1.82) is 0 Å². The SMILES string of the molecule is CC(N)C(=O)c1cn(C)nn1. The van der Waals surface area contributed by atoms with Crippen molar-refractivity contribution in [1.82, 2.24) is 15.0 Å². The molecule has 0 aliphatic carbocycles. The van der Waals surface area contributed by atoms with Crippen LogP contribution in [0.4, 0.5) is 0 Å². The van der Waals surface area contributed by atoms with Crippen molar-refractivity contribution in [2.45, 2.75) is 13.0 Å². The van der Waals surface area contributed by atoms with Crippen LogP contribution < -0.4 is 5.73 Å². The van der Waals surface area contributed by atoms with Crippen LogP contribution in [0.2, 0.25) is 0 Å². The zero-order valence-corrected chi connectivity index (χ0v) is 6.48. The van der Waals surface area contributed by atoms with Crippen LogP contribution in [0.5, 0.6) is 0 Å². The van der Waals surface area contributed by atoms with Crippen LogP contribution in [0.15, 0.2) is 6.20 Å². The van der Waals surface area contributed by atoms with Crippen LogP contribution in [0.1, 0.15) is 17.4 Å². The van der Waals surface area contributed by atoms with E-state index in [1.807, 2.05) is 0 Å². The molecule has 0 fully saturated rings. The van der Waals surface area contributed by atoms with Crippen molar-refractivity contribution in [3.8, 4) is 0 Å². The molecule has 0 radical (unpaired) electrons. The van der Waals surface area contributed by atoms with E-state index in [-0.39, 0.29) is 5.78 Å². The standard InChI is InChI=1S/C6H10N4O/c1-4(7)6(11)5-3-10(2)9-8-5/h3-4H,7H2,1-2H3. The highest BCUT2D eigenvalue weighted by Gasteiger charge is 2.13. The highest BCUT2D eigenvalue weighted by molar-refractivity contribution is 5.97. The van der Waals surface area contributed by atoms with Crippen molar-refractivity contribution >= 4 is 5.78 Å². The van der Waals surface area contributed by atoms with Crippen LogP contribution >= 0.6 is 0 Å². The Morgan fingerprint density at radius 1 is 1.82 bits per heavy atom. The molecular weight excluding hydrogens is 144 g/mol. The van der Waals surface area contributed by atoms with Crippen molar-refractivity contribution in [2.24, 2.45) is 12.8 Å². The van der Waals surface area contributed by atoms with Crippen LogP contribution in [0, 0.1) is 0 Å². The van der Waals surface area contributed by atoms with Gasteiger partial charge in [0, 0.05) is 7.05 Å². The maximum absolute atomic E-state index is 11.1. The van der Waals surface area contributed by atoms with Gasteiger partial charge in [0.1, 0.15) is 5.69 Å². The molecule has 1 rings (SSSR count). The number of nitrogens with zero attached hydrogens (tertiary/aromatic N) is 3. The van der Waals surface area contributed by atoms with E-state index in [1.165, 1.54) is 4.68 Å². The molecule has 1 unspecified atom stereocenters. The molecule has 0 bridgehead atoms. The molecule has 0 aliphatic heterocycles. The summed E-state index contributed by atoms with van der Waals surface area (Å²) in [5.74, 6) is -0.182. The highest BCUT2D eigenvalue weighted by atomic mass is 16.1. The number of hydrogen-bond acceptors (Lipinski definition) is 4. The number of aromatic nitrogens is 3. The predicted octanol–water partition coefficient (Wildman–Crippen LogP) is -0.655. The van der Waals surface area contributed by atoms with Crippen molar-refractivity contribution in [2.75, 3.05) is 0 Å². The lowest BCUT2D eigenvalue weighted by atomic mass is 10.2. The largest absolute Gasteiger partial charge is 0.321 e. The third kappa shape index (κ3) is 1.62. The summed E-state index contributed by atoms with van der Waals surface area (Å²) < 4.78 is 1.47. The molecule has 1 aromatic heterocycles. The van der Waals surface area contributed by atoms with Gasteiger partial charge in [0.05, 0.1) is 12.2 Å². The third-order valence-electron chi connectivity index (χ3n) is 1.27. The van der Waals surface area contributed by atoms with Gasteiger partial charge in [0.25, 0.3) is 0 Å². The zero-order valence-electron chi connectivity index (χ0n) is 6.48. The molecule has 1 atom stereocenters. The summed E-state index contributed by atoms with van der Waals surface area (Å²) in [6.07, 6.45) is 1.55. The molecule has 5 heteroatoms. The molecule has 0 saturated carbocycles. The highest BCUT2D eigenvalue weighted by Crippen LogP contribution is 1.95. The fourth-order valence-corrected chi connectivity index (χ4v) is 0.693. The molecule has 0 amide bonds. The third-order valence-corrected chi connectivity index (χ3v) is 1.27. The van der Waals surface area contributed by atoms with E-state index in [9.17, 15) is 4.79 Å². The number of nitrogens with two attached hydrogens (primary N) is 1. The van der Waals surface area contributed by atoms with Crippen LogP contribution in [0.3, 0.4) is 0 Å². The second kappa shape index (κ2) is 2.79. The summed E-state index contributed by atoms with van der Waals surface area (Å²) in [6.45, 7) is 1.62. The number of carbonyl (C=O) groups excluding carboxylic acids is 1. The maximum atomic E-state index is 11.1. The van der Waals surface area contributed by atoms with Gasteiger partial charge in [0.15, 0.2) is 0 Å². The summed E-state index contributed by atoms with van der Waals surface area (Å²) in [4.78, 5) is 11.1. The van der Waals surface area contributed by atoms with Gasteiger partial charge in [-0.15, -0.1) is 5.10 Å². The van der Waals surface area contributed by atoms with Crippen molar-refractivity contribution in [3.63, 3.8) is 0 Å². The molecule has 2 N–H and O–H groups in total.